The summed E-state index contributed by atoms with van der Waals surface area (Å²) in [6.45, 7) is 2.83. The number of benzene rings is 2. The normalized spacial score (nSPS) is 17.8. The summed E-state index contributed by atoms with van der Waals surface area (Å²) in [7, 11) is 0. The predicted molar refractivity (Wildman–Crippen MR) is 77.1 cm³/mol. The van der Waals surface area contributed by atoms with E-state index in [4.69, 9.17) is 9.15 Å². The predicted octanol–water partition coefficient (Wildman–Crippen LogP) is 3.85. The molecule has 0 N–H and O–H groups in total. The Kier molecular flexibility index (Phi) is 2.52. The zero-order chi connectivity index (χ0) is 13.5. The fourth-order valence-electron chi connectivity index (χ4n) is 2.86. The minimum absolute atomic E-state index is 0.374. The molecule has 1 atom stereocenters. The van der Waals surface area contributed by atoms with Crippen LogP contribution in [-0.4, -0.2) is 11.6 Å². The zero-order valence-electron chi connectivity index (χ0n) is 11.3. The first-order chi connectivity index (χ1) is 9.79. The van der Waals surface area contributed by atoms with Gasteiger partial charge in [0.25, 0.3) is 0 Å². The van der Waals surface area contributed by atoms with Gasteiger partial charge in [0.1, 0.15) is 11.3 Å². The smallest absolute Gasteiger partial charge is 0.181 e. The van der Waals surface area contributed by atoms with Gasteiger partial charge in [-0.1, -0.05) is 23.8 Å². The lowest BCUT2D eigenvalue weighted by atomic mass is 9.89. The molecule has 3 nitrogen and oxygen atoms in total. The molecule has 2 aromatic carbocycles. The molecular formula is C17H15NO2. The summed E-state index contributed by atoms with van der Waals surface area (Å²) in [6, 6.07) is 12.6. The van der Waals surface area contributed by atoms with E-state index in [1.54, 1.807) is 0 Å². The second kappa shape index (κ2) is 4.37. The zero-order valence-corrected chi connectivity index (χ0v) is 11.3. The van der Waals surface area contributed by atoms with Gasteiger partial charge in [-0.3, -0.25) is 0 Å². The molecule has 1 aliphatic rings. The Morgan fingerprint density at radius 3 is 3.05 bits per heavy atom. The summed E-state index contributed by atoms with van der Waals surface area (Å²) >= 11 is 0. The first kappa shape index (κ1) is 11.5. The molecule has 0 saturated heterocycles. The van der Waals surface area contributed by atoms with Crippen LogP contribution in [0.5, 0.6) is 5.75 Å². The second-order valence-electron chi connectivity index (χ2n) is 5.40. The van der Waals surface area contributed by atoms with Crippen LogP contribution in [0.15, 0.2) is 47.2 Å². The van der Waals surface area contributed by atoms with Crippen LogP contribution < -0.4 is 4.74 Å². The summed E-state index contributed by atoms with van der Waals surface area (Å²) in [6.07, 6.45) is 2.50. The number of hydrogen-bond donors (Lipinski definition) is 0. The van der Waals surface area contributed by atoms with Crippen molar-refractivity contribution < 1.29 is 9.15 Å². The van der Waals surface area contributed by atoms with Crippen LogP contribution in [0.25, 0.3) is 11.1 Å². The Labute approximate surface area is 117 Å². The topological polar surface area (TPSA) is 35.3 Å². The monoisotopic (exact) mass is 265 g/mol. The average molecular weight is 265 g/mol. The minimum Gasteiger partial charge on any atom is -0.493 e. The third-order valence-electron chi connectivity index (χ3n) is 3.95. The molecule has 3 aromatic rings. The van der Waals surface area contributed by atoms with Crippen molar-refractivity contribution in [1.29, 1.82) is 0 Å². The molecule has 1 aliphatic heterocycles. The number of fused-ring (bicyclic) bond motifs is 2. The largest absolute Gasteiger partial charge is 0.493 e. The average Bonchev–Trinajstić information content (AvgIpc) is 2.93. The van der Waals surface area contributed by atoms with E-state index in [0.717, 1.165) is 29.9 Å². The van der Waals surface area contributed by atoms with E-state index in [1.165, 1.54) is 23.1 Å². The second-order valence-corrected chi connectivity index (χ2v) is 5.40. The summed E-state index contributed by atoms with van der Waals surface area (Å²) in [5.41, 5.74) is 5.57. The van der Waals surface area contributed by atoms with Crippen molar-refractivity contribution in [3.05, 3.63) is 59.5 Å². The van der Waals surface area contributed by atoms with Crippen molar-refractivity contribution in [2.24, 2.45) is 0 Å². The van der Waals surface area contributed by atoms with Gasteiger partial charge in [0.15, 0.2) is 12.0 Å². The number of aromatic nitrogens is 1. The molecule has 0 radical (unpaired) electrons. The maximum Gasteiger partial charge on any atom is 0.181 e. The Hall–Kier alpha value is -2.29. The molecule has 20 heavy (non-hydrogen) atoms. The number of rotatable bonds is 1. The lowest BCUT2D eigenvalue weighted by Crippen LogP contribution is -2.19. The van der Waals surface area contributed by atoms with Crippen molar-refractivity contribution in [2.75, 3.05) is 6.61 Å². The number of hydrogen-bond acceptors (Lipinski definition) is 3. The third kappa shape index (κ3) is 1.86. The quantitative estimate of drug-likeness (QED) is 0.670. The van der Waals surface area contributed by atoms with Crippen LogP contribution in [0.4, 0.5) is 0 Å². The summed E-state index contributed by atoms with van der Waals surface area (Å²) in [4.78, 5) is 4.15. The highest BCUT2D eigenvalue weighted by atomic mass is 16.5. The van der Waals surface area contributed by atoms with E-state index < -0.39 is 0 Å². The molecule has 0 saturated carbocycles. The molecule has 0 spiro atoms. The first-order valence-electron chi connectivity index (χ1n) is 6.85. The Morgan fingerprint density at radius 1 is 1.15 bits per heavy atom. The Morgan fingerprint density at radius 2 is 2.10 bits per heavy atom. The molecule has 0 amide bonds. The molecule has 0 unspecified atom stereocenters. The molecule has 2 heterocycles. The van der Waals surface area contributed by atoms with Crippen molar-refractivity contribution in [1.82, 2.24) is 4.98 Å². The summed E-state index contributed by atoms with van der Waals surface area (Å²) in [5.74, 6) is 1.39. The molecule has 100 valence electrons. The Balaban J connectivity index is 1.69. The lowest BCUT2D eigenvalue weighted by molar-refractivity contribution is 0.262. The molecular weight excluding hydrogens is 250 g/mol. The number of oxazole rings is 1. The van der Waals surface area contributed by atoms with E-state index in [0.29, 0.717) is 5.92 Å². The standard InChI is InChI=1S/C17H15NO2/c1-11-2-5-16-13(6-11)7-14(9-19-16)12-3-4-15-17(8-12)20-10-18-15/h2-6,8,10,14H,7,9H2,1H3/t14-/m0/s1. The number of aryl methyl sites for hydroxylation is 1. The fraction of sp³-hybridized carbons (Fsp3) is 0.235. The van der Waals surface area contributed by atoms with Gasteiger partial charge in [0.2, 0.25) is 0 Å². The van der Waals surface area contributed by atoms with Crippen LogP contribution in [0.1, 0.15) is 22.6 Å². The molecule has 4 rings (SSSR count). The van der Waals surface area contributed by atoms with E-state index in [-0.39, 0.29) is 0 Å². The van der Waals surface area contributed by atoms with Gasteiger partial charge in [-0.15, -0.1) is 0 Å². The van der Waals surface area contributed by atoms with Crippen LogP contribution in [0, 0.1) is 6.92 Å². The highest BCUT2D eigenvalue weighted by Crippen LogP contribution is 2.33. The molecule has 0 aliphatic carbocycles. The number of nitrogens with zero attached hydrogens (tertiary/aromatic N) is 1. The van der Waals surface area contributed by atoms with Crippen LogP contribution in [0.2, 0.25) is 0 Å². The van der Waals surface area contributed by atoms with E-state index >= 15 is 0 Å². The maximum atomic E-state index is 5.89. The highest BCUT2D eigenvalue weighted by molar-refractivity contribution is 5.73. The van der Waals surface area contributed by atoms with Gasteiger partial charge in [-0.25, -0.2) is 4.98 Å². The fourth-order valence-corrected chi connectivity index (χ4v) is 2.86. The minimum atomic E-state index is 0.374. The summed E-state index contributed by atoms with van der Waals surface area (Å²) in [5, 5.41) is 0. The first-order valence-corrected chi connectivity index (χ1v) is 6.85. The molecule has 0 bridgehead atoms. The molecule has 0 fully saturated rings. The van der Waals surface area contributed by atoms with E-state index in [2.05, 4.69) is 42.2 Å². The van der Waals surface area contributed by atoms with Crippen molar-refractivity contribution in [3.63, 3.8) is 0 Å². The van der Waals surface area contributed by atoms with Crippen LogP contribution in [0.3, 0.4) is 0 Å². The lowest BCUT2D eigenvalue weighted by Gasteiger charge is -2.26. The maximum absolute atomic E-state index is 5.89. The van der Waals surface area contributed by atoms with Crippen molar-refractivity contribution in [2.45, 2.75) is 19.3 Å². The van der Waals surface area contributed by atoms with Crippen LogP contribution >= 0.6 is 0 Å². The van der Waals surface area contributed by atoms with Gasteiger partial charge < -0.3 is 9.15 Å². The van der Waals surface area contributed by atoms with Gasteiger partial charge in [0, 0.05) is 5.92 Å². The molecule has 1 aromatic heterocycles. The van der Waals surface area contributed by atoms with Gasteiger partial charge in [-0.2, -0.15) is 0 Å². The molecule has 3 heteroatoms. The highest BCUT2D eigenvalue weighted by Gasteiger charge is 2.22. The van der Waals surface area contributed by atoms with Gasteiger partial charge >= 0.3 is 0 Å². The van der Waals surface area contributed by atoms with Crippen molar-refractivity contribution >= 4 is 11.1 Å². The van der Waals surface area contributed by atoms with Crippen molar-refractivity contribution in [3.8, 4) is 5.75 Å². The van der Waals surface area contributed by atoms with Gasteiger partial charge in [-0.05, 0) is 42.7 Å². The van der Waals surface area contributed by atoms with Crippen LogP contribution in [-0.2, 0) is 6.42 Å². The van der Waals surface area contributed by atoms with E-state index in [9.17, 15) is 0 Å². The third-order valence-corrected chi connectivity index (χ3v) is 3.95. The number of ether oxygens (including phenoxy) is 1. The Bertz CT molecular complexity index is 776. The SMILES string of the molecule is Cc1ccc2c(c1)C[C@H](c1ccc3ncoc3c1)CO2. The van der Waals surface area contributed by atoms with Gasteiger partial charge in [0.05, 0.1) is 6.61 Å². The van der Waals surface area contributed by atoms with E-state index in [1.807, 2.05) is 6.07 Å². The summed E-state index contributed by atoms with van der Waals surface area (Å²) < 4.78 is 11.3.